The molecule has 0 unspecified atom stereocenters. The first kappa shape index (κ1) is 23.8. The van der Waals surface area contributed by atoms with Crippen LogP contribution in [-0.2, 0) is 10.0 Å². The van der Waals surface area contributed by atoms with Crippen molar-refractivity contribution in [3.8, 4) is 11.8 Å². The van der Waals surface area contributed by atoms with Crippen molar-refractivity contribution in [2.24, 2.45) is 0 Å². The predicted octanol–water partition coefficient (Wildman–Crippen LogP) is 4.59. The Balaban J connectivity index is 1.76. The average Bonchev–Trinajstić information content (AvgIpc) is 2.81. The van der Waals surface area contributed by atoms with Gasteiger partial charge >= 0.3 is 0 Å². The van der Waals surface area contributed by atoms with E-state index >= 15 is 0 Å². The van der Waals surface area contributed by atoms with Gasteiger partial charge in [0.25, 0.3) is 15.9 Å². The predicted molar refractivity (Wildman–Crippen MR) is 123 cm³/mol. The number of hydrogen-bond donors (Lipinski definition) is 1. The number of rotatable bonds is 9. The molecule has 0 heterocycles. The lowest BCUT2D eigenvalue weighted by atomic mass is 10.1. The van der Waals surface area contributed by atoms with Crippen molar-refractivity contribution in [3.63, 3.8) is 0 Å². The Kier molecular flexibility index (Phi) is 7.64. The maximum atomic E-state index is 13.3. The third-order valence-corrected chi connectivity index (χ3v) is 6.06. The normalized spacial score (nSPS) is 10.8. The molecule has 0 aliphatic heterocycles. The maximum Gasteiger partial charge on any atom is 0.261 e. The second-order valence-corrected chi connectivity index (χ2v) is 8.61. The van der Waals surface area contributed by atoms with E-state index in [-0.39, 0.29) is 23.5 Å². The highest BCUT2D eigenvalue weighted by Gasteiger charge is 2.19. The van der Waals surface area contributed by atoms with Crippen LogP contribution in [0.4, 0.5) is 15.8 Å². The Hall–Kier alpha value is -3.90. The van der Waals surface area contributed by atoms with Crippen LogP contribution in [0.3, 0.4) is 0 Å². The second-order valence-electron chi connectivity index (χ2n) is 6.93. The lowest BCUT2D eigenvalue weighted by Crippen LogP contribution is -2.31. The van der Waals surface area contributed by atoms with Crippen molar-refractivity contribution in [2.75, 3.05) is 22.8 Å². The number of halogens is 1. The Morgan fingerprint density at radius 2 is 1.67 bits per heavy atom. The lowest BCUT2D eigenvalue weighted by molar-refractivity contribution is 0.0987. The molecule has 0 aliphatic carbocycles. The summed E-state index contributed by atoms with van der Waals surface area (Å²) in [5, 5.41) is 8.92. The zero-order valence-corrected chi connectivity index (χ0v) is 18.7. The van der Waals surface area contributed by atoms with E-state index in [1.165, 1.54) is 65.6 Å². The number of anilines is 2. The molecule has 0 fully saturated rings. The fourth-order valence-corrected chi connectivity index (χ4v) is 4.12. The second kappa shape index (κ2) is 10.6. The fourth-order valence-electron chi connectivity index (χ4n) is 3.06. The van der Waals surface area contributed by atoms with Gasteiger partial charge in [-0.15, -0.1) is 0 Å². The Morgan fingerprint density at radius 3 is 2.24 bits per heavy atom. The van der Waals surface area contributed by atoms with Crippen LogP contribution in [0.1, 0.15) is 23.7 Å². The minimum atomic E-state index is -3.83. The molecule has 7 nitrogen and oxygen atoms in total. The van der Waals surface area contributed by atoms with Gasteiger partial charge in [0, 0.05) is 23.5 Å². The van der Waals surface area contributed by atoms with E-state index in [1.807, 2.05) is 13.0 Å². The summed E-state index contributed by atoms with van der Waals surface area (Å²) in [6.07, 6.45) is 0.100. The van der Waals surface area contributed by atoms with Gasteiger partial charge in [0.1, 0.15) is 11.6 Å². The summed E-state index contributed by atoms with van der Waals surface area (Å²) >= 11 is 0. The van der Waals surface area contributed by atoms with Crippen molar-refractivity contribution >= 4 is 27.3 Å². The van der Waals surface area contributed by atoms with Gasteiger partial charge in [-0.2, -0.15) is 5.26 Å². The number of carbonyl (C=O) groups excluding carboxylic acids is 1. The third kappa shape index (κ3) is 6.08. The van der Waals surface area contributed by atoms with Crippen LogP contribution in [-0.4, -0.2) is 27.5 Å². The van der Waals surface area contributed by atoms with Crippen molar-refractivity contribution in [2.45, 2.75) is 18.2 Å². The largest absolute Gasteiger partial charge is 0.494 e. The van der Waals surface area contributed by atoms with Gasteiger partial charge in [0.05, 0.1) is 24.0 Å². The topological polar surface area (TPSA) is 99.5 Å². The molecule has 0 spiro atoms. The van der Waals surface area contributed by atoms with Gasteiger partial charge in [-0.3, -0.25) is 9.52 Å². The fraction of sp³-hybridized carbons (Fsp3) is 0.167. The van der Waals surface area contributed by atoms with Crippen LogP contribution in [0.25, 0.3) is 0 Å². The average molecular weight is 468 g/mol. The first-order valence-electron chi connectivity index (χ1n) is 10.1. The molecule has 0 bridgehead atoms. The van der Waals surface area contributed by atoms with Gasteiger partial charge in [-0.05, 0) is 79.7 Å². The summed E-state index contributed by atoms with van der Waals surface area (Å²) in [7, 11) is -3.83. The molecule has 0 aromatic heterocycles. The van der Waals surface area contributed by atoms with Crippen LogP contribution >= 0.6 is 0 Å². The highest BCUT2D eigenvalue weighted by molar-refractivity contribution is 7.92. The molecule has 3 aromatic rings. The van der Waals surface area contributed by atoms with Crippen LogP contribution in [0, 0.1) is 17.1 Å². The van der Waals surface area contributed by atoms with E-state index in [1.54, 1.807) is 12.1 Å². The van der Waals surface area contributed by atoms with Gasteiger partial charge in [0.2, 0.25) is 0 Å². The Bertz CT molecular complexity index is 1240. The molecule has 1 N–H and O–H groups in total. The minimum absolute atomic E-state index is 0.0742. The van der Waals surface area contributed by atoms with E-state index < -0.39 is 21.7 Å². The number of nitrogens with one attached hydrogen (secondary N) is 1. The molecule has 0 saturated carbocycles. The minimum Gasteiger partial charge on any atom is -0.494 e. The maximum absolute atomic E-state index is 13.3. The molecule has 1 amide bonds. The van der Waals surface area contributed by atoms with Crippen LogP contribution in [0.2, 0.25) is 0 Å². The van der Waals surface area contributed by atoms with E-state index in [0.29, 0.717) is 23.6 Å². The zero-order chi connectivity index (χ0) is 23.8. The first-order valence-corrected chi connectivity index (χ1v) is 11.6. The highest BCUT2D eigenvalue weighted by atomic mass is 32.2. The summed E-state index contributed by atoms with van der Waals surface area (Å²) in [5.41, 5.74) is 1.03. The third-order valence-electron chi connectivity index (χ3n) is 4.66. The Morgan fingerprint density at radius 1 is 1.03 bits per heavy atom. The molecule has 3 rings (SSSR count). The molecule has 0 saturated heterocycles. The summed E-state index contributed by atoms with van der Waals surface area (Å²) in [6.45, 7) is 2.45. The molecule has 0 radical (unpaired) electrons. The van der Waals surface area contributed by atoms with Crippen molar-refractivity contribution in [3.05, 3.63) is 84.2 Å². The number of sulfonamides is 1. The van der Waals surface area contributed by atoms with Gasteiger partial charge < -0.3 is 9.64 Å². The molecular weight excluding hydrogens is 445 g/mol. The standard InChI is InChI=1S/C24H22FN3O4S/c1-2-32-22-12-14-23(15-13-22)33(30,31)27-20-8-4-18(5-9-20)24(29)28(17-3-16-26)21-10-6-19(25)7-11-21/h4-15,27H,2-3,17H2,1H3. The summed E-state index contributed by atoms with van der Waals surface area (Å²) in [5.74, 6) is -0.255. The summed E-state index contributed by atoms with van der Waals surface area (Å²) in [6, 6.07) is 19.4. The highest BCUT2D eigenvalue weighted by Crippen LogP contribution is 2.22. The smallest absolute Gasteiger partial charge is 0.261 e. The monoisotopic (exact) mass is 467 g/mol. The number of benzene rings is 3. The van der Waals surface area contributed by atoms with E-state index in [0.717, 1.165) is 0 Å². The van der Waals surface area contributed by atoms with Gasteiger partial charge in [0.15, 0.2) is 0 Å². The molecule has 33 heavy (non-hydrogen) atoms. The number of carbonyl (C=O) groups is 1. The van der Waals surface area contributed by atoms with Gasteiger partial charge in [-0.1, -0.05) is 0 Å². The SMILES string of the molecule is CCOc1ccc(S(=O)(=O)Nc2ccc(C(=O)N(CCC#N)c3ccc(F)cc3)cc2)cc1. The summed E-state index contributed by atoms with van der Waals surface area (Å²) < 4.78 is 46.3. The molecule has 3 aromatic carbocycles. The van der Waals surface area contributed by atoms with Crippen LogP contribution < -0.4 is 14.4 Å². The molecule has 0 atom stereocenters. The molecule has 9 heteroatoms. The van der Waals surface area contributed by atoms with E-state index in [2.05, 4.69) is 4.72 Å². The Labute approximate surface area is 192 Å². The number of ether oxygens (including phenoxy) is 1. The molecule has 0 aliphatic rings. The van der Waals surface area contributed by atoms with E-state index in [9.17, 15) is 17.6 Å². The van der Waals surface area contributed by atoms with Crippen LogP contribution in [0.15, 0.2) is 77.7 Å². The number of nitrogens with zero attached hydrogens (tertiary/aromatic N) is 2. The number of hydrogen-bond acceptors (Lipinski definition) is 5. The lowest BCUT2D eigenvalue weighted by Gasteiger charge is -2.22. The van der Waals surface area contributed by atoms with Gasteiger partial charge in [-0.25, -0.2) is 12.8 Å². The quantitative estimate of drug-likeness (QED) is 0.496. The number of nitriles is 1. The van der Waals surface area contributed by atoms with Crippen molar-refractivity contribution in [1.82, 2.24) is 0 Å². The van der Waals surface area contributed by atoms with Crippen molar-refractivity contribution in [1.29, 1.82) is 5.26 Å². The number of amides is 1. The van der Waals surface area contributed by atoms with E-state index in [4.69, 9.17) is 10.00 Å². The molecular formula is C24H22FN3O4S. The van der Waals surface area contributed by atoms with Crippen molar-refractivity contribution < 1.29 is 22.3 Å². The zero-order valence-electron chi connectivity index (χ0n) is 17.9. The van der Waals surface area contributed by atoms with Crippen LogP contribution in [0.5, 0.6) is 5.75 Å². The molecule has 170 valence electrons. The summed E-state index contributed by atoms with van der Waals surface area (Å²) in [4.78, 5) is 14.5. The first-order chi connectivity index (χ1) is 15.8.